The zero-order valence-electron chi connectivity index (χ0n) is 17.2. The van der Waals surface area contributed by atoms with E-state index in [9.17, 15) is 13.2 Å². The van der Waals surface area contributed by atoms with E-state index in [4.69, 9.17) is 14.5 Å². The minimum absolute atomic E-state index is 0.379. The molecule has 2 aliphatic rings. The van der Waals surface area contributed by atoms with Crippen LogP contribution in [-0.4, -0.2) is 47.0 Å². The number of hydrogen-bond acceptors (Lipinski definition) is 6. The molecule has 6 nitrogen and oxygen atoms in total. The minimum atomic E-state index is -4.43. The van der Waals surface area contributed by atoms with Gasteiger partial charge in [-0.2, -0.15) is 13.2 Å². The van der Waals surface area contributed by atoms with Crippen molar-refractivity contribution in [2.75, 3.05) is 31.2 Å². The summed E-state index contributed by atoms with van der Waals surface area (Å²) in [5.41, 5.74) is 0.783. The van der Waals surface area contributed by atoms with Gasteiger partial charge in [0.05, 0.1) is 24.5 Å². The van der Waals surface area contributed by atoms with E-state index < -0.39 is 17.5 Å². The summed E-state index contributed by atoms with van der Waals surface area (Å²) in [7, 11) is 0. The van der Waals surface area contributed by atoms with Crippen molar-refractivity contribution in [2.24, 2.45) is 0 Å². The second kappa shape index (κ2) is 8.14. The Morgan fingerprint density at radius 1 is 0.906 bits per heavy atom. The number of alkyl halides is 3. The Labute approximate surface area is 183 Å². The first kappa shape index (κ1) is 20.8. The summed E-state index contributed by atoms with van der Waals surface area (Å²) in [5, 5.41) is 0. The Kier molecular flexibility index (Phi) is 5.30. The number of piperidine rings is 1. The van der Waals surface area contributed by atoms with Crippen molar-refractivity contribution >= 4 is 5.82 Å². The third kappa shape index (κ3) is 4.18. The molecule has 5 rings (SSSR count). The van der Waals surface area contributed by atoms with Crippen LogP contribution < -0.4 is 4.90 Å². The molecule has 0 aliphatic carbocycles. The molecule has 0 bridgehead atoms. The molecule has 2 saturated heterocycles. The number of nitrogens with zero attached hydrogens (tertiary/aromatic N) is 4. The number of benzene rings is 1. The summed E-state index contributed by atoms with van der Waals surface area (Å²) in [6, 6.07) is 10.5. The molecule has 32 heavy (non-hydrogen) atoms. The van der Waals surface area contributed by atoms with E-state index in [0.717, 1.165) is 12.1 Å². The summed E-state index contributed by atoms with van der Waals surface area (Å²) in [6.45, 7) is 2.51. The number of aromatic nitrogens is 3. The lowest BCUT2D eigenvalue weighted by Crippen LogP contribution is -2.45. The number of rotatable bonds is 3. The molecule has 1 spiro atoms. The lowest BCUT2D eigenvalue weighted by Gasteiger charge is -2.38. The Morgan fingerprint density at radius 3 is 2.34 bits per heavy atom. The zero-order valence-corrected chi connectivity index (χ0v) is 17.2. The van der Waals surface area contributed by atoms with E-state index in [1.165, 1.54) is 6.07 Å². The Morgan fingerprint density at radius 2 is 1.66 bits per heavy atom. The fourth-order valence-corrected chi connectivity index (χ4v) is 4.09. The van der Waals surface area contributed by atoms with Crippen LogP contribution in [0.25, 0.3) is 22.6 Å². The molecule has 3 aromatic rings. The minimum Gasteiger partial charge on any atom is -0.356 e. The monoisotopic (exact) mass is 442 g/mol. The lowest BCUT2D eigenvalue weighted by molar-refractivity contribution is -0.169. The van der Waals surface area contributed by atoms with E-state index in [1.54, 1.807) is 30.6 Å². The maximum Gasteiger partial charge on any atom is 0.416 e. The first-order valence-corrected chi connectivity index (χ1v) is 10.4. The average Bonchev–Trinajstić information content (AvgIpc) is 3.27. The molecule has 2 fully saturated rings. The Hall–Kier alpha value is -3.04. The molecule has 0 amide bonds. The van der Waals surface area contributed by atoms with Crippen molar-refractivity contribution in [3.8, 4) is 22.6 Å². The summed E-state index contributed by atoms with van der Waals surface area (Å²) in [5.74, 6) is 0.537. The average molecular weight is 442 g/mol. The highest BCUT2D eigenvalue weighted by molar-refractivity contribution is 5.68. The van der Waals surface area contributed by atoms with E-state index in [1.807, 2.05) is 6.07 Å². The highest BCUT2D eigenvalue weighted by Crippen LogP contribution is 2.35. The van der Waals surface area contributed by atoms with Gasteiger partial charge in [-0.05, 0) is 24.3 Å². The summed E-state index contributed by atoms with van der Waals surface area (Å²) < 4.78 is 51.4. The first-order valence-electron chi connectivity index (χ1n) is 10.4. The predicted molar refractivity (Wildman–Crippen MR) is 112 cm³/mol. The Balaban J connectivity index is 1.53. The van der Waals surface area contributed by atoms with Gasteiger partial charge < -0.3 is 14.4 Å². The SMILES string of the molecule is FC(F)(F)c1cccc(-c2cc(N3CCC4(CC3)OCCO4)nc(-c3cccnc3)n2)c1. The van der Waals surface area contributed by atoms with Crippen molar-refractivity contribution in [3.05, 3.63) is 60.4 Å². The molecule has 0 radical (unpaired) electrons. The fourth-order valence-electron chi connectivity index (χ4n) is 4.09. The van der Waals surface area contributed by atoms with E-state index in [2.05, 4.69) is 14.9 Å². The third-order valence-corrected chi connectivity index (χ3v) is 5.78. The number of ether oxygens (including phenoxy) is 2. The quantitative estimate of drug-likeness (QED) is 0.592. The number of pyridine rings is 1. The first-order chi connectivity index (χ1) is 15.4. The van der Waals surface area contributed by atoms with Crippen LogP contribution in [0.4, 0.5) is 19.0 Å². The second-order valence-electron chi connectivity index (χ2n) is 7.85. The molecule has 0 N–H and O–H groups in total. The summed E-state index contributed by atoms with van der Waals surface area (Å²) in [4.78, 5) is 15.5. The molecule has 0 atom stereocenters. The smallest absolute Gasteiger partial charge is 0.356 e. The number of halogens is 3. The summed E-state index contributed by atoms with van der Waals surface area (Å²) in [6.07, 6.45) is 0.240. The lowest BCUT2D eigenvalue weighted by atomic mass is 10.0. The van der Waals surface area contributed by atoms with E-state index in [0.29, 0.717) is 67.6 Å². The van der Waals surface area contributed by atoms with Crippen molar-refractivity contribution in [3.63, 3.8) is 0 Å². The molecule has 0 saturated carbocycles. The molecule has 2 aliphatic heterocycles. The van der Waals surface area contributed by atoms with E-state index in [-0.39, 0.29) is 0 Å². The van der Waals surface area contributed by atoms with Crippen LogP contribution in [0, 0.1) is 0 Å². The molecule has 1 aromatic carbocycles. The second-order valence-corrected chi connectivity index (χ2v) is 7.85. The van der Waals surface area contributed by atoms with Crippen LogP contribution in [0.3, 0.4) is 0 Å². The van der Waals surface area contributed by atoms with Crippen LogP contribution >= 0.6 is 0 Å². The van der Waals surface area contributed by atoms with Crippen LogP contribution in [0.5, 0.6) is 0 Å². The van der Waals surface area contributed by atoms with Crippen LogP contribution in [0.15, 0.2) is 54.9 Å². The third-order valence-electron chi connectivity index (χ3n) is 5.78. The topological polar surface area (TPSA) is 60.4 Å². The molecular weight excluding hydrogens is 421 g/mol. The molecule has 166 valence electrons. The van der Waals surface area contributed by atoms with Gasteiger partial charge in [0.15, 0.2) is 11.6 Å². The normalized spacial score (nSPS) is 18.3. The maximum atomic E-state index is 13.3. The van der Waals surface area contributed by atoms with Crippen molar-refractivity contribution in [1.82, 2.24) is 15.0 Å². The molecule has 4 heterocycles. The molecule has 9 heteroatoms. The van der Waals surface area contributed by atoms with Crippen LogP contribution in [-0.2, 0) is 15.7 Å². The fraction of sp³-hybridized carbons (Fsp3) is 0.348. The largest absolute Gasteiger partial charge is 0.416 e. The van der Waals surface area contributed by atoms with Gasteiger partial charge in [-0.1, -0.05) is 12.1 Å². The van der Waals surface area contributed by atoms with Gasteiger partial charge in [-0.25, -0.2) is 9.97 Å². The summed E-state index contributed by atoms with van der Waals surface area (Å²) >= 11 is 0. The number of anilines is 1. The molecule has 2 aromatic heterocycles. The standard InChI is InChI=1S/C23H21F3N4O2/c24-23(25,26)18-5-1-3-16(13-18)19-14-20(29-21(28-19)17-4-2-8-27-15-17)30-9-6-22(7-10-30)31-11-12-32-22/h1-5,8,13-15H,6-7,9-12H2. The highest BCUT2D eigenvalue weighted by atomic mass is 19.4. The molecule has 0 unspecified atom stereocenters. The van der Waals surface area contributed by atoms with Gasteiger partial charge >= 0.3 is 6.18 Å². The van der Waals surface area contributed by atoms with Gasteiger partial charge in [0.1, 0.15) is 5.82 Å². The Bertz CT molecular complexity index is 1090. The van der Waals surface area contributed by atoms with E-state index >= 15 is 0 Å². The van der Waals surface area contributed by atoms with Gasteiger partial charge in [-0.3, -0.25) is 4.98 Å². The van der Waals surface area contributed by atoms with Gasteiger partial charge in [0.2, 0.25) is 0 Å². The van der Waals surface area contributed by atoms with Gasteiger partial charge in [0, 0.05) is 55.5 Å². The van der Waals surface area contributed by atoms with Crippen molar-refractivity contribution in [1.29, 1.82) is 0 Å². The highest BCUT2D eigenvalue weighted by Gasteiger charge is 2.40. The maximum absolute atomic E-state index is 13.3. The predicted octanol–water partition coefficient (Wildman–Crippen LogP) is 4.57. The van der Waals surface area contributed by atoms with Gasteiger partial charge in [-0.15, -0.1) is 0 Å². The zero-order chi connectivity index (χ0) is 22.2. The van der Waals surface area contributed by atoms with Crippen LogP contribution in [0.1, 0.15) is 18.4 Å². The number of hydrogen-bond donors (Lipinski definition) is 0. The van der Waals surface area contributed by atoms with Crippen LogP contribution in [0.2, 0.25) is 0 Å². The van der Waals surface area contributed by atoms with Gasteiger partial charge in [0.25, 0.3) is 0 Å². The van der Waals surface area contributed by atoms with Crippen molar-refractivity contribution in [2.45, 2.75) is 24.8 Å². The molecular formula is C23H21F3N4O2. The van der Waals surface area contributed by atoms with Crippen molar-refractivity contribution < 1.29 is 22.6 Å².